The van der Waals surface area contributed by atoms with Gasteiger partial charge in [0.1, 0.15) is 0 Å². The summed E-state index contributed by atoms with van der Waals surface area (Å²) in [4.78, 5) is 0. The van der Waals surface area contributed by atoms with Gasteiger partial charge >= 0.3 is 0 Å². The van der Waals surface area contributed by atoms with Crippen molar-refractivity contribution < 1.29 is 10.2 Å². The van der Waals surface area contributed by atoms with Crippen LogP contribution in [0, 0.1) is 34.5 Å². The van der Waals surface area contributed by atoms with Crippen molar-refractivity contribution in [2.45, 2.75) is 83.8 Å². The van der Waals surface area contributed by atoms with Crippen LogP contribution < -0.4 is 0 Å². The Morgan fingerprint density at radius 2 is 1.57 bits per heavy atom. The van der Waals surface area contributed by atoms with E-state index in [1.54, 1.807) is 0 Å². The maximum atomic E-state index is 10.5. The van der Waals surface area contributed by atoms with E-state index >= 15 is 0 Å². The van der Waals surface area contributed by atoms with Gasteiger partial charge in [0, 0.05) is 0 Å². The van der Waals surface area contributed by atoms with Crippen molar-refractivity contribution in [2.24, 2.45) is 34.5 Å². The van der Waals surface area contributed by atoms with Gasteiger partial charge in [-0.25, -0.2) is 0 Å². The highest BCUT2D eigenvalue weighted by Crippen LogP contribution is 2.66. The lowest BCUT2D eigenvalue weighted by molar-refractivity contribution is -0.171. The van der Waals surface area contributed by atoms with E-state index in [1.807, 2.05) is 0 Å². The molecule has 2 N–H and O–H groups in total. The van der Waals surface area contributed by atoms with E-state index in [-0.39, 0.29) is 5.41 Å². The monoisotopic (exact) mass is 292 g/mol. The van der Waals surface area contributed by atoms with Crippen LogP contribution in [0.25, 0.3) is 0 Å². The van der Waals surface area contributed by atoms with Crippen LogP contribution in [0.15, 0.2) is 0 Å². The van der Waals surface area contributed by atoms with Gasteiger partial charge in [-0.1, -0.05) is 20.3 Å². The normalized spacial score (nSPS) is 60.0. The Hall–Kier alpha value is -0.0800. The number of aliphatic hydroxyl groups is 2. The first-order valence-electron chi connectivity index (χ1n) is 9.32. The Balaban J connectivity index is 1.64. The van der Waals surface area contributed by atoms with Crippen molar-refractivity contribution in [3.63, 3.8) is 0 Å². The zero-order valence-electron chi connectivity index (χ0n) is 13.7. The van der Waals surface area contributed by atoms with Gasteiger partial charge in [0.2, 0.25) is 0 Å². The zero-order chi connectivity index (χ0) is 14.8. The molecule has 0 aromatic heterocycles. The van der Waals surface area contributed by atoms with Crippen LogP contribution in [-0.2, 0) is 0 Å². The molecule has 0 spiro atoms. The molecule has 0 aromatic carbocycles. The molecule has 2 nitrogen and oxygen atoms in total. The first kappa shape index (κ1) is 14.5. The standard InChI is InChI=1S/C19H32O2/c1-18-9-3-4-13(18)12-5-6-15-17(21)16(20)8-11-19(15,2)14(12)7-10-18/h12-17,20-21H,3-11H2,1-2H3/t12-,13+,14+,15-,16+,17-,18+,19-/m0/s1. The van der Waals surface area contributed by atoms with Crippen LogP contribution in [0.4, 0.5) is 0 Å². The molecule has 0 heterocycles. The van der Waals surface area contributed by atoms with E-state index in [2.05, 4.69) is 13.8 Å². The number of hydrogen-bond acceptors (Lipinski definition) is 2. The van der Waals surface area contributed by atoms with Gasteiger partial charge in [-0.15, -0.1) is 0 Å². The van der Waals surface area contributed by atoms with Crippen molar-refractivity contribution in [1.82, 2.24) is 0 Å². The number of rotatable bonds is 0. The molecule has 0 aliphatic heterocycles. The van der Waals surface area contributed by atoms with E-state index in [0.29, 0.717) is 11.3 Å². The number of fused-ring (bicyclic) bond motifs is 5. The van der Waals surface area contributed by atoms with E-state index in [9.17, 15) is 10.2 Å². The van der Waals surface area contributed by atoms with Crippen molar-refractivity contribution in [3.8, 4) is 0 Å². The van der Waals surface area contributed by atoms with Crippen LogP contribution in [0.1, 0.15) is 71.6 Å². The number of hydrogen-bond donors (Lipinski definition) is 2. The molecule has 2 heteroatoms. The minimum Gasteiger partial charge on any atom is -0.390 e. The summed E-state index contributed by atoms with van der Waals surface area (Å²) in [5, 5.41) is 20.6. The van der Waals surface area contributed by atoms with Gasteiger partial charge in [-0.3, -0.25) is 0 Å². The lowest BCUT2D eigenvalue weighted by Gasteiger charge is -2.61. The van der Waals surface area contributed by atoms with Crippen LogP contribution in [0.3, 0.4) is 0 Å². The summed E-state index contributed by atoms with van der Waals surface area (Å²) in [6.45, 7) is 5.00. The fraction of sp³-hybridized carbons (Fsp3) is 1.00. The van der Waals surface area contributed by atoms with Crippen molar-refractivity contribution in [1.29, 1.82) is 0 Å². The molecule has 21 heavy (non-hydrogen) atoms. The summed E-state index contributed by atoms with van der Waals surface area (Å²) in [6.07, 6.45) is 10.5. The molecule has 4 aliphatic rings. The Labute approximate surface area is 129 Å². The largest absolute Gasteiger partial charge is 0.390 e. The first-order valence-corrected chi connectivity index (χ1v) is 9.32. The van der Waals surface area contributed by atoms with Gasteiger partial charge in [0.15, 0.2) is 0 Å². The third-order valence-electron chi connectivity index (χ3n) is 8.51. The van der Waals surface area contributed by atoms with Crippen LogP contribution in [0.5, 0.6) is 0 Å². The second kappa shape index (κ2) is 4.71. The van der Waals surface area contributed by atoms with Crippen LogP contribution in [0.2, 0.25) is 0 Å². The molecule has 0 amide bonds. The molecule has 4 aliphatic carbocycles. The maximum absolute atomic E-state index is 10.5. The third-order valence-corrected chi connectivity index (χ3v) is 8.51. The predicted molar refractivity (Wildman–Crippen MR) is 83.7 cm³/mol. The highest BCUT2D eigenvalue weighted by atomic mass is 16.3. The Bertz CT molecular complexity index is 422. The lowest BCUT2D eigenvalue weighted by atomic mass is 9.45. The van der Waals surface area contributed by atoms with Gasteiger partial charge in [-0.2, -0.15) is 0 Å². The first-order chi connectivity index (χ1) is 9.96. The summed E-state index contributed by atoms with van der Waals surface area (Å²) in [7, 11) is 0. The smallest absolute Gasteiger partial charge is 0.0832 e. The quantitative estimate of drug-likeness (QED) is 0.714. The Morgan fingerprint density at radius 3 is 2.38 bits per heavy atom. The molecule has 0 bridgehead atoms. The van der Waals surface area contributed by atoms with Gasteiger partial charge < -0.3 is 10.2 Å². The molecule has 4 rings (SSSR count). The molecular formula is C19H32O2. The second-order valence-electron chi connectivity index (χ2n) is 9.25. The van der Waals surface area contributed by atoms with Crippen molar-refractivity contribution in [2.75, 3.05) is 0 Å². The maximum Gasteiger partial charge on any atom is 0.0832 e. The lowest BCUT2D eigenvalue weighted by Crippen LogP contribution is -2.57. The van der Waals surface area contributed by atoms with Crippen LogP contribution >= 0.6 is 0 Å². The highest BCUT2D eigenvalue weighted by Gasteiger charge is 2.59. The average Bonchev–Trinajstić information content (AvgIpc) is 2.85. The molecule has 8 atom stereocenters. The third kappa shape index (κ3) is 1.91. The van der Waals surface area contributed by atoms with Gasteiger partial charge in [0.05, 0.1) is 12.2 Å². The van der Waals surface area contributed by atoms with Crippen LogP contribution in [-0.4, -0.2) is 22.4 Å². The van der Waals surface area contributed by atoms with Gasteiger partial charge in [-0.05, 0) is 85.9 Å². The minimum absolute atomic E-state index is 0.283. The topological polar surface area (TPSA) is 40.5 Å². The van der Waals surface area contributed by atoms with E-state index in [1.165, 1.54) is 38.5 Å². The Morgan fingerprint density at radius 1 is 0.762 bits per heavy atom. The summed E-state index contributed by atoms with van der Waals surface area (Å²) < 4.78 is 0. The Kier molecular flexibility index (Phi) is 3.25. The molecule has 4 saturated carbocycles. The molecule has 120 valence electrons. The van der Waals surface area contributed by atoms with E-state index in [4.69, 9.17) is 0 Å². The predicted octanol–water partition coefficient (Wildman–Crippen LogP) is 3.75. The SMILES string of the molecule is C[C@]12CCC[C@@H]1[C@@H]1CC[C@H]3[C@H](O)[C@H](O)CC[C@@]3(C)[C@@H]1CC2. The number of aliphatic hydroxyl groups excluding tert-OH is 2. The molecule has 0 unspecified atom stereocenters. The van der Waals surface area contributed by atoms with Gasteiger partial charge in [0.25, 0.3) is 0 Å². The van der Waals surface area contributed by atoms with Crippen molar-refractivity contribution >= 4 is 0 Å². The molecule has 4 fully saturated rings. The van der Waals surface area contributed by atoms with E-state index in [0.717, 1.165) is 37.0 Å². The summed E-state index contributed by atoms with van der Waals surface area (Å²) >= 11 is 0. The van der Waals surface area contributed by atoms with Crippen molar-refractivity contribution in [3.05, 3.63) is 0 Å². The van der Waals surface area contributed by atoms with E-state index < -0.39 is 12.2 Å². The molecule has 0 saturated heterocycles. The zero-order valence-corrected chi connectivity index (χ0v) is 13.7. The average molecular weight is 292 g/mol. The summed E-state index contributed by atoms with van der Waals surface area (Å²) in [5.74, 6) is 2.98. The fourth-order valence-corrected chi connectivity index (χ4v) is 7.31. The molecular weight excluding hydrogens is 260 g/mol. The molecule has 0 radical (unpaired) electrons. The second-order valence-corrected chi connectivity index (χ2v) is 9.25. The minimum atomic E-state index is -0.472. The highest BCUT2D eigenvalue weighted by molar-refractivity contribution is 5.09. The summed E-state index contributed by atoms with van der Waals surface area (Å²) in [6, 6.07) is 0. The fourth-order valence-electron chi connectivity index (χ4n) is 7.31. The molecule has 0 aromatic rings. The summed E-state index contributed by atoms with van der Waals surface area (Å²) in [5.41, 5.74) is 0.905.